The Bertz CT molecular complexity index is 471. The van der Waals surface area contributed by atoms with E-state index in [2.05, 4.69) is 45.8 Å². The maximum Gasteiger partial charge on any atom is 0.249 e. The molecular formula is C20H37BN2O2S. The fourth-order valence-corrected chi connectivity index (χ4v) is 4.36. The summed E-state index contributed by atoms with van der Waals surface area (Å²) in [6.07, 6.45) is 10.7. The van der Waals surface area contributed by atoms with Crippen LogP contribution in [0.2, 0.25) is 5.82 Å². The van der Waals surface area contributed by atoms with Gasteiger partial charge >= 0.3 is 0 Å². The number of carbonyl (C=O) groups excluding carboxylic acids is 2. The first-order chi connectivity index (χ1) is 12.3. The first-order valence-electron chi connectivity index (χ1n) is 9.82. The Balaban J connectivity index is 4.91. The number of ketones is 1. The molecule has 0 aromatic carbocycles. The first-order valence-corrected chi connectivity index (χ1v) is 10.8. The highest BCUT2D eigenvalue weighted by Gasteiger charge is 2.28. The smallest absolute Gasteiger partial charge is 0.249 e. The zero-order valence-corrected chi connectivity index (χ0v) is 18.1. The van der Waals surface area contributed by atoms with Crippen molar-refractivity contribution in [2.45, 2.75) is 82.8 Å². The van der Waals surface area contributed by atoms with Crippen molar-refractivity contribution in [3.8, 4) is 0 Å². The fourth-order valence-electron chi connectivity index (χ4n) is 2.82. The normalized spacial score (nSPS) is 15.8. The van der Waals surface area contributed by atoms with Crippen LogP contribution < -0.4 is 10.6 Å². The van der Waals surface area contributed by atoms with Gasteiger partial charge in [0.1, 0.15) is 7.85 Å². The number of unbranched alkanes of at least 4 members (excludes halogenated alkanes) is 1. The van der Waals surface area contributed by atoms with Gasteiger partial charge in [-0.2, -0.15) is 11.8 Å². The van der Waals surface area contributed by atoms with Crippen molar-refractivity contribution in [2.24, 2.45) is 0 Å². The lowest BCUT2D eigenvalue weighted by Crippen LogP contribution is -2.37. The Morgan fingerprint density at radius 3 is 2.54 bits per heavy atom. The van der Waals surface area contributed by atoms with Gasteiger partial charge in [-0.25, -0.2) is 0 Å². The average Bonchev–Trinajstić information content (AvgIpc) is 2.62. The number of hydrogen-bond acceptors (Lipinski definition) is 4. The Morgan fingerprint density at radius 2 is 2.00 bits per heavy atom. The highest BCUT2D eigenvalue weighted by molar-refractivity contribution is 8.00. The van der Waals surface area contributed by atoms with Gasteiger partial charge < -0.3 is 10.6 Å². The second kappa shape index (κ2) is 14.0. The van der Waals surface area contributed by atoms with Crippen molar-refractivity contribution >= 4 is 31.3 Å². The maximum atomic E-state index is 12.3. The van der Waals surface area contributed by atoms with E-state index in [1.807, 2.05) is 18.7 Å². The van der Waals surface area contributed by atoms with E-state index in [0.29, 0.717) is 12.2 Å². The third-order valence-electron chi connectivity index (χ3n) is 4.65. The van der Waals surface area contributed by atoms with Crippen LogP contribution >= 0.6 is 11.8 Å². The van der Waals surface area contributed by atoms with Crippen LogP contribution in [-0.4, -0.2) is 36.1 Å². The van der Waals surface area contributed by atoms with Crippen LogP contribution in [-0.2, 0) is 9.59 Å². The SMILES string of the molecule is BC(CC)CC(C)(CCCC)SCC(NC=CC(=O)NC=C)C(=O)CC. The number of rotatable bonds is 15. The minimum Gasteiger partial charge on any atom is -0.380 e. The maximum absolute atomic E-state index is 12.3. The molecule has 0 heterocycles. The predicted octanol–water partition coefficient (Wildman–Crippen LogP) is 3.60. The molecule has 3 unspecified atom stereocenters. The number of Topliss-reactive ketones (excluding diaryl/α,β-unsaturated/α-hetero) is 1. The van der Waals surface area contributed by atoms with Crippen molar-refractivity contribution < 1.29 is 9.59 Å². The van der Waals surface area contributed by atoms with E-state index in [9.17, 15) is 9.59 Å². The molecule has 0 saturated heterocycles. The summed E-state index contributed by atoms with van der Waals surface area (Å²) in [5.41, 5.74) is 0. The summed E-state index contributed by atoms with van der Waals surface area (Å²) in [6.45, 7) is 12.1. The summed E-state index contributed by atoms with van der Waals surface area (Å²) < 4.78 is 0.184. The topological polar surface area (TPSA) is 58.2 Å². The Hall–Kier alpha value is -1.17. The van der Waals surface area contributed by atoms with Gasteiger partial charge in [0.05, 0.1) is 6.04 Å². The molecule has 3 atom stereocenters. The lowest BCUT2D eigenvalue weighted by molar-refractivity contribution is -0.120. The molecule has 0 radical (unpaired) electrons. The number of hydrogen-bond donors (Lipinski definition) is 2. The predicted molar refractivity (Wildman–Crippen MR) is 117 cm³/mol. The second-order valence-electron chi connectivity index (χ2n) is 7.17. The summed E-state index contributed by atoms with van der Waals surface area (Å²) in [7, 11) is 2.30. The monoisotopic (exact) mass is 380 g/mol. The van der Waals surface area contributed by atoms with Crippen LogP contribution in [0, 0.1) is 0 Å². The molecule has 26 heavy (non-hydrogen) atoms. The number of nitrogens with one attached hydrogen (secondary N) is 2. The van der Waals surface area contributed by atoms with Crippen LogP contribution in [0.1, 0.15) is 66.2 Å². The van der Waals surface area contributed by atoms with E-state index in [1.165, 1.54) is 44.4 Å². The van der Waals surface area contributed by atoms with Gasteiger partial charge in [0, 0.05) is 29.2 Å². The van der Waals surface area contributed by atoms with E-state index in [1.54, 1.807) is 6.20 Å². The van der Waals surface area contributed by atoms with E-state index in [4.69, 9.17) is 0 Å². The zero-order chi connectivity index (χ0) is 20.0. The molecule has 0 aromatic rings. The Morgan fingerprint density at radius 1 is 1.31 bits per heavy atom. The molecule has 0 fully saturated rings. The quantitative estimate of drug-likeness (QED) is 0.337. The molecule has 1 amide bonds. The molecule has 0 aliphatic rings. The molecular weight excluding hydrogens is 343 g/mol. The standard InChI is InChI=1S/C20H37BN2O2S/c1-6-10-12-20(5,14-16(21)7-2)26-15-17(18(24)8-3)23-13-11-19(25)22-9-4/h9,11,13,16-17,23H,4,6-8,10,12,14-15,21H2,1-3,5H3,(H,22,25). The van der Waals surface area contributed by atoms with Crippen LogP contribution in [0.3, 0.4) is 0 Å². The van der Waals surface area contributed by atoms with Crippen molar-refractivity contribution in [3.05, 3.63) is 25.1 Å². The second-order valence-corrected chi connectivity index (χ2v) is 8.77. The third kappa shape index (κ3) is 10.7. The number of carbonyl (C=O) groups is 2. The van der Waals surface area contributed by atoms with Gasteiger partial charge in [-0.05, 0) is 19.0 Å². The Kier molecular flexibility index (Phi) is 13.3. The summed E-state index contributed by atoms with van der Waals surface area (Å²) in [5.74, 6) is 1.32. The van der Waals surface area contributed by atoms with Gasteiger partial charge in [-0.3, -0.25) is 9.59 Å². The zero-order valence-electron chi connectivity index (χ0n) is 17.3. The van der Waals surface area contributed by atoms with Crippen molar-refractivity contribution in [1.29, 1.82) is 0 Å². The van der Waals surface area contributed by atoms with Crippen LogP contribution in [0.15, 0.2) is 25.1 Å². The molecule has 0 aliphatic carbocycles. The van der Waals surface area contributed by atoms with Crippen LogP contribution in [0.25, 0.3) is 0 Å². The lowest BCUT2D eigenvalue weighted by atomic mass is 9.77. The molecule has 0 saturated carbocycles. The van der Waals surface area contributed by atoms with Crippen LogP contribution in [0.5, 0.6) is 0 Å². The van der Waals surface area contributed by atoms with Gasteiger partial charge in [0.15, 0.2) is 5.78 Å². The van der Waals surface area contributed by atoms with Gasteiger partial charge in [-0.1, -0.05) is 59.4 Å². The van der Waals surface area contributed by atoms with Crippen LogP contribution in [0.4, 0.5) is 0 Å². The summed E-state index contributed by atoms with van der Waals surface area (Å²) in [5, 5.41) is 5.59. The summed E-state index contributed by atoms with van der Waals surface area (Å²) in [4.78, 5) is 23.8. The van der Waals surface area contributed by atoms with Crippen molar-refractivity contribution in [3.63, 3.8) is 0 Å². The third-order valence-corrected chi connectivity index (χ3v) is 6.22. The van der Waals surface area contributed by atoms with Crippen molar-refractivity contribution in [2.75, 3.05) is 5.75 Å². The molecule has 0 rings (SSSR count). The highest BCUT2D eigenvalue weighted by Crippen LogP contribution is 2.38. The van der Waals surface area contributed by atoms with E-state index in [0.717, 1.165) is 5.75 Å². The molecule has 0 bridgehead atoms. The average molecular weight is 380 g/mol. The molecule has 2 N–H and O–H groups in total. The molecule has 0 spiro atoms. The molecule has 0 aliphatic heterocycles. The van der Waals surface area contributed by atoms with Gasteiger partial charge in [0.25, 0.3) is 0 Å². The number of thioether (sulfide) groups is 1. The minimum atomic E-state index is -0.268. The molecule has 148 valence electrons. The first kappa shape index (κ1) is 24.8. The summed E-state index contributed by atoms with van der Waals surface area (Å²) in [6, 6.07) is -0.268. The van der Waals surface area contributed by atoms with Crippen molar-refractivity contribution in [1.82, 2.24) is 10.6 Å². The molecule has 6 heteroatoms. The van der Waals surface area contributed by atoms with Gasteiger partial charge in [-0.15, -0.1) is 0 Å². The van der Waals surface area contributed by atoms with E-state index >= 15 is 0 Å². The minimum absolute atomic E-state index is 0.174. The van der Waals surface area contributed by atoms with E-state index in [-0.39, 0.29) is 22.5 Å². The molecule has 4 nitrogen and oxygen atoms in total. The Labute approximate surface area is 165 Å². The lowest BCUT2D eigenvalue weighted by Gasteiger charge is -2.33. The van der Waals surface area contributed by atoms with Gasteiger partial charge in [0.2, 0.25) is 5.91 Å². The highest BCUT2D eigenvalue weighted by atomic mass is 32.2. The fraction of sp³-hybridized carbons (Fsp3) is 0.700. The molecule has 0 aromatic heterocycles. The summed E-state index contributed by atoms with van der Waals surface area (Å²) >= 11 is 1.89. The number of amides is 1. The largest absolute Gasteiger partial charge is 0.380 e. The van der Waals surface area contributed by atoms with E-state index < -0.39 is 0 Å².